The van der Waals surface area contributed by atoms with Gasteiger partial charge in [0.2, 0.25) is 0 Å². The highest BCUT2D eigenvalue weighted by Gasteiger charge is 2.13. The number of nitrogens with one attached hydrogen (secondary N) is 1. The molecule has 0 bridgehead atoms. The van der Waals surface area contributed by atoms with Crippen molar-refractivity contribution in [2.45, 2.75) is 24.6 Å². The summed E-state index contributed by atoms with van der Waals surface area (Å²) in [7, 11) is 0. The molecular weight excluding hydrogens is 226 g/mol. The molecule has 0 spiro atoms. The van der Waals surface area contributed by atoms with Gasteiger partial charge in [0.15, 0.2) is 0 Å². The van der Waals surface area contributed by atoms with E-state index in [-0.39, 0.29) is 6.61 Å². The van der Waals surface area contributed by atoms with Crippen molar-refractivity contribution in [1.82, 2.24) is 5.32 Å². The maximum absolute atomic E-state index is 9.12. The summed E-state index contributed by atoms with van der Waals surface area (Å²) in [6, 6.07) is 4.61. The second-order valence-electron chi connectivity index (χ2n) is 3.53. The minimum Gasteiger partial charge on any atom is -0.395 e. The minimum absolute atomic E-state index is 0.244. The van der Waals surface area contributed by atoms with Gasteiger partial charge in [-0.25, -0.2) is 0 Å². The summed E-state index contributed by atoms with van der Waals surface area (Å²) in [6.07, 6.45) is 3.12. The highest BCUT2D eigenvalue weighted by Crippen LogP contribution is 2.11. The van der Waals surface area contributed by atoms with Gasteiger partial charge in [-0.05, 0) is 31.0 Å². The van der Waals surface area contributed by atoms with Gasteiger partial charge in [-0.2, -0.15) is 11.8 Å². The van der Waals surface area contributed by atoms with Gasteiger partial charge in [-0.3, -0.25) is 0 Å². The molecule has 86 valence electrons. The van der Waals surface area contributed by atoms with Gasteiger partial charge >= 0.3 is 0 Å². The van der Waals surface area contributed by atoms with Gasteiger partial charge in [0.1, 0.15) is 0 Å². The lowest BCUT2D eigenvalue weighted by Gasteiger charge is -2.21. The van der Waals surface area contributed by atoms with E-state index in [9.17, 15) is 0 Å². The lowest BCUT2D eigenvalue weighted by molar-refractivity contribution is 0.276. The SMILES string of the molecule is CSC(CO)C(C)NCCc1cccs1. The lowest BCUT2D eigenvalue weighted by atomic mass is 10.2. The lowest BCUT2D eigenvalue weighted by Crippen LogP contribution is -2.38. The summed E-state index contributed by atoms with van der Waals surface area (Å²) in [4.78, 5) is 1.42. The van der Waals surface area contributed by atoms with Crippen LogP contribution in [0.1, 0.15) is 11.8 Å². The third-order valence-corrected chi connectivity index (χ3v) is 4.56. The summed E-state index contributed by atoms with van der Waals surface area (Å²) in [5.74, 6) is 0. The quantitative estimate of drug-likeness (QED) is 0.770. The fourth-order valence-corrected chi connectivity index (χ4v) is 2.81. The molecule has 1 rings (SSSR count). The Morgan fingerprint density at radius 1 is 1.60 bits per heavy atom. The predicted octanol–water partition coefficient (Wildman–Crippen LogP) is 1.99. The van der Waals surface area contributed by atoms with E-state index in [1.165, 1.54) is 4.88 Å². The van der Waals surface area contributed by atoms with Crippen LogP contribution < -0.4 is 5.32 Å². The molecule has 0 aromatic carbocycles. The number of thioether (sulfide) groups is 1. The van der Waals surface area contributed by atoms with Gasteiger partial charge in [0.05, 0.1) is 6.61 Å². The molecule has 1 aromatic rings. The van der Waals surface area contributed by atoms with Crippen molar-refractivity contribution >= 4 is 23.1 Å². The Bertz CT molecular complexity index is 247. The highest BCUT2D eigenvalue weighted by molar-refractivity contribution is 7.99. The summed E-state index contributed by atoms with van der Waals surface area (Å²) in [6.45, 7) is 3.36. The number of rotatable bonds is 7. The number of thiophene rings is 1. The number of hydrogen-bond acceptors (Lipinski definition) is 4. The molecule has 2 atom stereocenters. The summed E-state index contributed by atoms with van der Waals surface area (Å²) < 4.78 is 0. The van der Waals surface area contributed by atoms with Gasteiger partial charge in [-0.15, -0.1) is 11.3 Å². The van der Waals surface area contributed by atoms with Crippen molar-refractivity contribution < 1.29 is 5.11 Å². The third-order valence-electron chi connectivity index (χ3n) is 2.46. The molecule has 1 aromatic heterocycles. The van der Waals surface area contributed by atoms with Crippen LogP contribution in [0.3, 0.4) is 0 Å². The molecule has 2 N–H and O–H groups in total. The molecule has 0 saturated heterocycles. The van der Waals surface area contributed by atoms with E-state index < -0.39 is 0 Å². The Morgan fingerprint density at radius 2 is 2.40 bits per heavy atom. The van der Waals surface area contributed by atoms with Crippen LogP contribution in [0.15, 0.2) is 17.5 Å². The molecule has 0 aliphatic rings. The van der Waals surface area contributed by atoms with Crippen LogP contribution in [0.5, 0.6) is 0 Å². The van der Waals surface area contributed by atoms with Crippen LogP contribution in [0.2, 0.25) is 0 Å². The topological polar surface area (TPSA) is 32.3 Å². The van der Waals surface area contributed by atoms with Crippen LogP contribution in [0, 0.1) is 0 Å². The second kappa shape index (κ2) is 7.28. The average molecular weight is 245 g/mol. The Morgan fingerprint density at radius 3 is 2.93 bits per heavy atom. The van der Waals surface area contributed by atoms with E-state index in [1.807, 2.05) is 6.26 Å². The van der Waals surface area contributed by atoms with E-state index in [2.05, 4.69) is 29.8 Å². The molecule has 0 radical (unpaired) electrons. The first-order valence-electron chi connectivity index (χ1n) is 5.17. The second-order valence-corrected chi connectivity index (χ2v) is 5.64. The molecule has 0 saturated carbocycles. The Labute approximate surface area is 100 Å². The summed E-state index contributed by atoms with van der Waals surface area (Å²) >= 11 is 3.52. The molecule has 0 aliphatic carbocycles. The van der Waals surface area contributed by atoms with Crippen molar-refractivity contribution in [1.29, 1.82) is 0 Å². The van der Waals surface area contributed by atoms with Gasteiger partial charge in [0.25, 0.3) is 0 Å². The molecule has 2 nitrogen and oxygen atoms in total. The van der Waals surface area contributed by atoms with Gasteiger partial charge in [-0.1, -0.05) is 6.07 Å². The van der Waals surface area contributed by atoms with Crippen LogP contribution in [0.4, 0.5) is 0 Å². The number of aliphatic hydroxyl groups excluding tert-OH is 1. The molecule has 2 unspecified atom stereocenters. The van der Waals surface area contributed by atoms with Gasteiger partial charge < -0.3 is 10.4 Å². The van der Waals surface area contributed by atoms with Crippen LogP contribution in [0.25, 0.3) is 0 Å². The first-order valence-corrected chi connectivity index (χ1v) is 7.34. The molecule has 1 heterocycles. The standard InChI is InChI=1S/C11H19NOS2/c1-9(11(8-13)14-2)12-6-5-10-4-3-7-15-10/h3-4,7,9,11-13H,5-6,8H2,1-2H3. The molecule has 15 heavy (non-hydrogen) atoms. The largest absolute Gasteiger partial charge is 0.395 e. The van der Waals surface area contributed by atoms with Crippen LogP contribution in [-0.2, 0) is 6.42 Å². The zero-order valence-electron chi connectivity index (χ0n) is 9.27. The molecular formula is C11H19NOS2. The van der Waals surface area contributed by atoms with Crippen molar-refractivity contribution in [3.8, 4) is 0 Å². The third kappa shape index (κ3) is 4.55. The van der Waals surface area contributed by atoms with Crippen molar-refractivity contribution in [3.63, 3.8) is 0 Å². The molecule has 4 heteroatoms. The van der Waals surface area contributed by atoms with E-state index in [1.54, 1.807) is 23.1 Å². The van der Waals surface area contributed by atoms with E-state index >= 15 is 0 Å². The van der Waals surface area contributed by atoms with Crippen molar-refractivity contribution in [2.75, 3.05) is 19.4 Å². The fraction of sp³-hybridized carbons (Fsp3) is 0.636. The Hall–Kier alpha value is -0.0300. The molecule has 0 aliphatic heterocycles. The Kier molecular flexibility index (Phi) is 6.32. The zero-order chi connectivity index (χ0) is 11.1. The number of hydrogen-bond donors (Lipinski definition) is 2. The molecule has 0 amide bonds. The van der Waals surface area contributed by atoms with Gasteiger partial charge in [0, 0.05) is 22.7 Å². The van der Waals surface area contributed by atoms with E-state index in [0.717, 1.165) is 13.0 Å². The van der Waals surface area contributed by atoms with Crippen LogP contribution in [-0.4, -0.2) is 35.8 Å². The minimum atomic E-state index is 0.244. The zero-order valence-corrected chi connectivity index (χ0v) is 10.9. The number of aliphatic hydroxyl groups is 1. The first-order chi connectivity index (χ1) is 7.27. The van der Waals surface area contributed by atoms with Crippen LogP contribution >= 0.6 is 23.1 Å². The monoisotopic (exact) mass is 245 g/mol. The smallest absolute Gasteiger partial charge is 0.0564 e. The van der Waals surface area contributed by atoms with E-state index in [0.29, 0.717) is 11.3 Å². The highest BCUT2D eigenvalue weighted by atomic mass is 32.2. The van der Waals surface area contributed by atoms with Crippen molar-refractivity contribution in [3.05, 3.63) is 22.4 Å². The first kappa shape index (κ1) is 13.0. The summed E-state index contributed by atoms with van der Waals surface area (Å²) in [5, 5.41) is 15.0. The normalized spacial score (nSPS) is 15.1. The Balaban J connectivity index is 2.19. The predicted molar refractivity (Wildman–Crippen MR) is 69.9 cm³/mol. The fourth-order valence-electron chi connectivity index (χ4n) is 1.45. The molecule has 0 fully saturated rings. The van der Waals surface area contributed by atoms with E-state index in [4.69, 9.17) is 5.11 Å². The summed E-state index contributed by atoms with van der Waals surface area (Å²) in [5.41, 5.74) is 0. The van der Waals surface area contributed by atoms with Crippen molar-refractivity contribution in [2.24, 2.45) is 0 Å². The maximum Gasteiger partial charge on any atom is 0.0564 e. The average Bonchev–Trinajstić information content (AvgIpc) is 2.72. The maximum atomic E-state index is 9.12.